The summed E-state index contributed by atoms with van der Waals surface area (Å²) in [6.07, 6.45) is 18.9. The molecular weight excluding hydrogens is 459 g/mol. The molecule has 198 valence electrons. The van der Waals surface area contributed by atoms with Crippen molar-refractivity contribution < 1.29 is 53.9 Å². The summed E-state index contributed by atoms with van der Waals surface area (Å²) in [6.45, 7) is 2.65. The average Bonchev–Trinajstić information content (AvgIpc) is 2.77. The van der Waals surface area contributed by atoms with Crippen LogP contribution in [0.4, 0.5) is 0 Å². The Morgan fingerprint density at radius 1 is 0.909 bits per heavy atom. The molecule has 0 amide bonds. The molecule has 0 aromatic carbocycles. The molecule has 33 heavy (non-hydrogen) atoms. The number of rotatable bonds is 19. The minimum absolute atomic E-state index is 0.120. The molecule has 0 atom stereocenters. The number of unbranched alkanes of at least 4 members (excludes halogenated alkanes) is 7. The van der Waals surface area contributed by atoms with Crippen LogP contribution in [0.2, 0.25) is 0 Å². The van der Waals surface area contributed by atoms with Crippen molar-refractivity contribution in [2.75, 3.05) is 13.7 Å². The lowest BCUT2D eigenvalue weighted by Gasteiger charge is -2.18. The maximum absolute atomic E-state index is 8.88. The maximum Gasteiger partial charge on any atom is 0.466 e. The zero-order valence-electron chi connectivity index (χ0n) is 20.0. The Bertz CT molecular complexity index is 484. The van der Waals surface area contributed by atoms with E-state index in [1.165, 1.54) is 64.9 Å². The van der Waals surface area contributed by atoms with Gasteiger partial charge >= 0.3 is 7.82 Å². The van der Waals surface area contributed by atoms with E-state index in [-0.39, 0.29) is 6.10 Å². The van der Waals surface area contributed by atoms with Crippen molar-refractivity contribution in [3.8, 4) is 0 Å². The summed E-state index contributed by atoms with van der Waals surface area (Å²) < 4.78 is 8.88. The van der Waals surface area contributed by atoms with Crippen molar-refractivity contribution in [2.45, 2.75) is 109 Å². The van der Waals surface area contributed by atoms with Crippen LogP contribution in [0.15, 0.2) is 11.8 Å². The first-order chi connectivity index (χ1) is 15.9. The van der Waals surface area contributed by atoms with Crippen LogP contribution in [0.25, 0.3) is 0 Å². The second-order valence-electron chi connectivity index (χ2n) is 7.83. The molecule has 0 spiro atoms. The molecule has 11 nitrogen and oxygen atoms in total. The van der Waals surface area contributed by atoms with Crippen molar-refractivity contribution in [1.29, 1.82) is 0 Å². The van der Waals surface area contributed by atoms with Crippen LogP contribution >= 0.6 is 7.82 Å². The molecule has 1 rings (SSSR count). The summed E-state index contributed by atoms with van der Waals surface area (Å²) >= 11 is 0. The van der Waals surface area contributed by atoms with Crippen molar-refractivity contribution in [1.82, 2.24) is 0 Å². The molecule has 12 heteroatoms. The highest BCUT2D eigenvalue weighted by Gasteiger charge is 2.15. The topological polar surface area (TPSA) is 142 Å². The molecule has 0 aliphatic heterocycles. The van der Waals surface area contributed by atoms with Crippen LogP contribution in [-0.4, -0.2) is 34.5 Å². The lowest BCUT2D eigenvalue weighted by atomic mass is 9.98. The van der Waals surface area contributed by atoms with Crippen LogP contribution in [0.1, 0.15) is 103 Å². The fraction of sp³-hybridized carbons (Fsp3) is 0.905. The average molecular weight is 503 g/mol. The first-order valence-electron chi connectivity index (χ1n) is 11.8. The van der Waals surface area contributed by atoms with Gasteiger partial charge in [0, 0.05) is 6.42 Å². The monoisotopic (exact) mass is 502 g/mol. The van der Waals surface area contributed by atoms with Crippen LogP contribution in [0.5, 0.6) is 0 Å². The number of allylic oxidation sites excluding steroid dienone is 2. The molecule has 0 bridgehead atoms. The van der Waals surface area contributed by atoms with Gasteiger partial charge in [-0.1, -0.05) is 58.3 Å². The van der Waals surface area contributed by atoms with E-state index in [9.17, 15) is 0 Å². The van der Waals surface area contributed by atoms with Gasteiger partial charge < -0.3 is 19.6 Å². The molecule has 3 N–H and O–H groups in total. The van der Waals surface area contributed by atoms with Crippen molar-refractivity contribution in [3.05, 3.63) is 11.8 Å². The van der Waals surface area contributed by atoms with Crippen molar-refractivity contribution >= 4 is 7.82 Å². The summed E-state index contributed by atoms with van der Waals surface area (Å²) in [7, 11) is -3.22. The van der Waals surface area contributed by atoms with Gasteiger partial charge in [0.05, 0.1) is 19.8 Å². The molecule has 0 aromatic heterocycles. The summed E-state index contributed by atoms with van der Waals surface area (Å²) in [4.78, 5) is 41.4. The highest BCUT2D eigenvalue weighted by Crippen LogP contribution is 2.25. The Labute approximate surface area is 197 Å². The fourth-order valence-corrected chi connectivity index (χ4v) is 3.19. The third-order valence-electron chi connectivity index (χ3n) is 4.84. The van der Waals surface area contributed by atoms with Crippen molar-refractivity contribution in [3.63, 3.8) is 0 Å². The van der Waals surface area contributed by atoms with E-state index in [0.717, 1.165) is 44.3 Å². The lowest BCUT2D eigenvalue weighted by Crippen LogP contribution is -2.17. The van der Waals surface area contributed by atoms with Crippen molar-refractivity contribution in [2.24, 2.45) is 0 Å². The third kappa shape index (κ3) is 27.5. The zero-order valence-corrected chi connectivity index (χ0v) is 20.9. The second kappa shape index (κ2) is 23.2. The highest BCUT2D eigenvalue weighted by molar-refractivity contribution is 7.45. The molecule has 1 aliphatic carbocycles. The van der Waals surface area contributed by atoms with Gasteiger partial charge in [0.15, 0.2) is 0 Å². The normalized spacial score (nSPS) is 15.2. The summed E-state index contributed by atoms with van der Waals surface area (Å²) in [5.41, 5.74) is 0. The second-order valence-corrected chi connectivity index (χ2v) is 8.86. The quantitative estimate of drug-likeness (QED) is 0.0676. The summed E-state index contributed by atoms with van der Waals surface area (Å²) in [5.74, 6) is 0.785. The van der Waals surface area contributed by atoms with E-state index in [1.54, 1.807) is 0 Å². The highest BCUT2D eigenvalue weighted by atomic mass is 31.2. The van der Waals surface area contributed by atoms with Gasteiger partial charge in [0.1, 0.15) is 5.76 Å². The summed E-state index contributed by atoms with van der Waals surface area (Å²) in [6, 6.07) is 0. The van der Waals surface area contributed by atoms with E-state index >= 15 is 0 Å². The first kappa shape index (κ1) is 32.4. The Morgan fingerprint density at radius 3 is 2.24 bits per heavy atom. The van der Waals surface area contributed by atoms with Gasteiger partial charge in [-0.15, -0.1) is 0 Å². The number of hydrogen-bond donors (Lipinski definition) is 3. The first-order valence-corrected chi connectivity index (χ1v) is 13.4. The molecule has 0 heterocycles. The molecule has 1 saturated carbocycles. The smallest absolute Gasteiger partial charge is 0.313 e. The summed E-state index contributed by atoms with van der Waals surface area (Å²) in [5, 5.41) is 13.9. The molecule has 0 saturated heterocycles. The molecule has 1 aliphatic rings. The predicted molar refractivity (Wildman–Crippen MR) is 119 cm³/mol. The number of hydrogen-bond acceptors (Lipinski definition) is 8. The lowest BCUT2D eigenvalue weighted by molar-refractivity contribution is -0.642. The third-order valence-corrected chi connectivity index (χ3v) is 4.84. The Hall–Kier alpha value is -0.590. The van der Waals surface area contributed by atoms with Crippen LogP contribution in [0.3, 0.4) is 0 Å². The number of phosphoric acid groups is 1. The molecule has 1 fully saturated rings. The van der Waals surface area contributed by atoms with E-state index in [1.807, 2.05) is 0 Å². The van der Waals surface area contributed by atoms with Crippen LogP contribution in [0, 0.1) is 0 Å². The standard InChI is InChI=1S/C21H40O7.H3O4P/c1-3-4-5-6-7-8-10-15-20(24-26-22-2)18-13-14-19-23-27-28-25-21-16-11-9-12-17-21;1-5(2,3)4/h15,21H,3-14,16-19H2,1-2H3;(H3,1,2,3,4). The van der Waals surface area contributed by atoms with Gasteiger partial charge in [-0.05, 0) is 59.7 Å². The Balaban J connectivity index is 0.00000184. The van der Waals surface area contributed by atoms with E-state index in [0.29, 0.717) is 6.61 Å². The minimum atomic E-state index is -4.64. The van der Waals surface area contributed by atoms with E-state index in [2.05, 4.69) is 33.0 Å². The SMILES string of the molecule is CCCCCCCCC=C(CCCCOOOOC1CCCCC1)OOOC.O=P(O)(O)O. The van der Waals surface area contributed by atoms with Gasteiger partial charge in [0.2, 0.25) is 0 Å². The zero-order chi connectivity index (χ0) is 24.6. The van der Waals surface area contributed by atoms with E-state index < -0.39 is 7.82 Å². The minimum Gasteiger partial charge on any atom is -0.313 e. The maximum atomic E-state index is 8.88. The largest absolute Gasteiger partial charge is 0.466 e. The van der Waals surface area contributed by atoms with Gasteiger partial charge in [-0.2, -0.15) is 4.89 Å². The van der Waals surface area contributed by atoms with Gasteiger partial charge in [-0.25, -0.2) is 14.3 Å². The molecular formula is C21H43O11P. The van der Waals surface area contributed by atoms with Crippen LogP contribution < -0.4 is 0 Å². The van der Waals surface area contributed by atoms with Crippen LogP contribution in [-0.2, 0) is 39.2 Å². The van der Waals surface area contributed by atoms with E-state index in [4.69, 9.17) is 33.9 Å². The molecule has 0 radical (unpaired) electrons. The van der Waals surface area contributed by atoms with Gasteiger partial charge in [-0.3, -0.25) is 0 Å². The predicted octanol–water partition coefficient (Wildman–Crippen LogP) is 5.52. The Kier molecular flexibility index (Phi) is 22.8. The Morgan fingerprint density at radius 2 is 1.58 bits per heavy atom. The molecule has 0 unspecified atom stereocenters. The molecule has 0 aromatic rings. The van der Waals surface area contributed by atoms with Gasteiger partial charge in [0.25, 0.3) is 0 Å². The fourth-order valence-electron chi connectivity index (χ4n) is 3.19.